The van der Waals surface area contributed by atoms with Crippen LogP contribution in [0.2, 0.25) is 0 Å². The number of benzene rings is 1. The summed E-state index contributed by atoms with van der Waals surface area (Å²) in [7, 11) is 0. The summed E-state index contributed by atoms with van der Waals surface area (Å²) in [6.07, 6.45) is 3.14. The van der Waals surface area contributed by atoms with E-state index in [-0.39, 0.29) is 5.41 Å². The molecule has 0 N–H and O–H groups in total. The van der Waals surface area contributed by atoms with Gasteiger partial charge in [0, 0.05) is 16.5 Å². The van der Waals surface area contributed by atoms with Crippen LogP contribution in [0.3, 0.4) is 0 Å². The Morgan fingerprint density at radius 2 is 1.82 bits per heavy atom. The molecule has 0 saturated heterocycles. The number of oxazole rings is 1. The lowest BCUT2D eigenvalue weighted by Gasteiger charge is -2.06. The molecule has 0 amide bonds. The summed E-state index contributed by atoms with van der Waals surface area (Å²) in [5, 5.41) is 0. The maximum absolute atomic E-state index is 5.23. The monoisotopic (exact) mass is 225 g/mol. The highest BCUT2D eigenvalue weighted by atomic mass is 16.3. The van der Waals surface area contributed by atoms with Crippen LogP contribution in [0.5, 0.6) is 0 Å². The van der Waals surface area contributed by atoms with Gasteiger partial charge in [0.1, 0.15) is 0 Å². The van der Waals surface area contributed by atoms with Crippen molar-refractivity contribution in [2.24, 2.45) is 5.41 Å². The Balaban J connectivity index is 2.21. The van der Waals surface area contributed by atoms with Crippen molar-refractivity contribution in [1.82, 2.24) is 4.98 Å². The molecule has 0 fully saturated rings. The van der Waals surface area contributed by atoms with Crippen molar-refractivity contribution in [3.63, 3.8) is 0 Å². The highest BCUT2D eigenvalue weighted by molar-refractivity contribution is 5.57. The standard InChI is InChI=1S/C15H15NO/c1-15(2,3)9-8-12-4-6-13(7-5-12)14-10-16-11-17-14/h4-7,10-11H,1-3H3. The van der Waals surface area contributed by atoms with Gasteiger partial charge in [-0.05, 0) is 45.0 Å². The molecule has 1 heterocycles. The van der Waals surface area contributed by atoms with E-state index in [0.29, 0.717) is 0 Å². The first-order valence-electron chi connectivity index (χ1n) is 5.57. The van der Waals surface area contributed by atoms with E-state index in [1.807, 2.05) is 24.3 Å². The highest BCUT2D eigenvalue weighted by Crippen LogP contribution is 2.18. The predicted molar refractivity (Wildman–Crippen MR) is 68.3 cm³/mol. The second kappa shape index (κ2) is 4.47. The fourth-order valence-corrected chi connectivity index (χ4v) is 1.34. The summed E-state index contributed by atoms with van der Waals surface area (Å²) in [4.78, 5) is 3.89. The summed E-state index contributed by atoms with van der Waals surface area (Å²) in [5.41, 5.74) is 2.07. The Morgan fingerprint density at radius 1 is 1.12 bits per heavy atom. The van der Waals surface area contributed by atoms with Gasteiger partial charge in [-0.15, -0.1) is 0 Å². The Hall–Kier alpha value is -2.01. The normalized spacial score (nSPS) is 10.8. The first kappa shape index (κ1) is 11.5. The lowest BCUT2D eigenvalue weighted by molar-refractivity contribution is 0.570. The molecule has 0 bridgehead atoms. The predicted octanol–water partition coefficient (Wildman–Crippen LogP) is 3.74. The van der Waals surface area contributed by atoms with Gasteiger partial charge >= 0.3 is 0 Å². The zero-order chi connectivity index (χ0) is 12.3. The Morgan fingerprint density at radius 3 is 2.35 bits per heavy atom. The molecule has 86 valence electrons. The summed E-state index contributed by atoms with van der Waals surface area (Å²) in [6, 6.07) is 7.98. The van der Waals surface area contributed by atoms with E-state index >= 15 is 0 Å². The quantitative estimate of drug-likeness (QED) is 0.691. The molecule has 0 atom stereocenters. The van der Waals surface area contributed by atoms with E-state index in [2.05, 4.69) is 37.6 Å². The van der Waals surface area contributed by atoms with Crippen molar-refractivity contribution < 1.29 is 4.42 Å². The highest BCUT2D eigenvalue weighted by Gasteiger charge is 2.04. The molecule has 17 heavy (non-hydrogen) atoms. The molecule has 0 radical (unpaired) electrons. The first-order chi connectivity index (χ1) is 8.04. The van der Waals surface area contributed by atoms with Crippen LogP contribution in [-0.2, 0) is 0 Å². The van der Waals surface area contributed by atoms with E-state index in [0.717, 1.165) is 16.9 Å². The molecule has 0 spiro atoms. The molecular formula is C15H15NO. The minimum atomic E-state index is 0.0314. The zero-order valence-corrected chi connectivity index (χ0v) is 10.3. The third-order valence-electron chi connectivity index (χ3n) is 2.18. The van der Waals surface area contributed by atoms with Crippen LogP contribution in [0.4, 0.5) is 0 Å². The summed E-state index contributed by atoms with van der Waals surface area (Å²) >= 11 is 0. The largest absolute Gasteiger partial charge is 0.444 e. The van der Waals surface area contributed by atoms with Gasteiger partial charge < -0.3 is 4.42 Å². The second-order valence-electron chi connectivity index (χ2n) is 4.94. The van der Waals surface area contributed by atoms with Gasteiger partial charge in [0.15, 0.2) is 12.2 Å². The molecule has 0 aliphatic heterocycles. The van der Waals surface area contributed by atoms with Crippen molar-refractivity contribution in [3.05, 3.63) is 42.4 Å². The Bertz CT molecular complexity index is 533. The van der Waals surface area contributed by atoms with Crippen LogP contribution < -0.4 is 0 Å². The third-order valence-corrected chi connectivity index (χ3v) is 2.18. The summed E-state index contributed by atoms with van der Waals surface area (Å²) in [6.45, 7) is 6.30. The van der Waals surface area contributed by atoms with Gasteiger partial charge in [0.2, 0.25) is 0 Å². The van der Waals surface area contributed by atoms with E-state index in [4.69, 9.17) is 4.42 Å². The molecule has 2 rings (SSSR count). The lowest BCUT2D eigenvalue weighted by Crippen LogP contribution is -1.99. The van der Waals surface area contributed by atoms with Crippen LogP contribution in [0.25, 0.3) is 11.3 Å². The molecule has 0 aliphatic carbocycles. The second-order valence-corrected chi connectivity index (χ2v) is 4.94. The maximum Gasteiger partial charge on any atom is 0.181 e. The topological polar surface area (TPSA) is 26.0 Å². The Labute approximate surface area is 102 Å². The van der Waals surface area contributed by atoms with Crippen LogP contribution in [0.1, 0.15) is 26.3 Å². The van der Waals surface area contributed by atoms with Crippen molar-refractivity contribution in [3.8, 4) is 23.2 Å². The van der Waals surface area contributed by atoms with Gasteiger partial charge in [-0.3, -0.25) is 0 Å². The number of hydrogen-bond donors (Lipinski definition) is 0. The SMILES string of the molecule is CC(C)(C)C#Cc1ccc(-c2cnco2)cc1. The number of rotatable bonds is 1. The van der Waals surface area contributed by atoms with Crippen molar-refractivity contribution in [1.29, 1.82) is 0 Å². The van der Waals surface area contributed by atoms with Crippen molar-refractivity contribution in [2.75, 3.05) is 0 Å². The smallest absolute Gasteiger partial charge is 0.181 e. The minimum Gasteiger partial charge on any atom is -0.444 e. The lowest BCUT2D eigenvalue weighted by atomic mass is 9.97. The summed E-state index contributed by atoms with van der Waals surface area (Å²) in [5.74, 6) is 7.15. The molecular weight excluding hydrogens is 210 g/mol. The van der Waals surface area contributed by atoms with Gasteiger partial charge in [-0.2, -0.15) is 0 Å². The van der Waals surface area contributed by atoms with E-state index < -0.39 is 0 Å². The van der Waals surface area contributed by atoms with Gasteiger partial charge in [0.25, 0.3) is 0 Å². The van der Waals surface area contributed by atoms with Crippen LogP contribution in [-0.4, -0.2) is 4.98 Å². The fourth-order valence-electron chi connectivity index (χ4n) is 1.34. The first-order valence-corrected chi connectivity index (χ1v) is 5.57. The van der Waals surface area contributed by atoms with Crippen molar-refractivity contribution >= 4 is 0 Å². The maximum atomic E-state index is 5.23. The molecule has 2 aromatic rings. The molecule has 0 unspecified atom stereocenters. The molecule has 0 aliphatic rings. The summed E-state index contributed by atoms with van der Waals surface area (Å²) < 4.78 is 5.23. The van der Waals surface area contributed by atoms with Gasteiger partial charge in [0.05, 0.1) is 6.20 Å². The zero-order valence-electron chi connectivity index (χ0n) is 10.3. The van der Waals surface area contributed by atoms with Crippen LogP contribution in [0.15, 0.2) is 41.3 Å². The van der Waals surface area contributed by atoms with Gasteiger partial charge in [-0.1, -0.05) is 11.8 Å². The molecule has 1 aromatic carbocycles. The number of aromatic nitrogens is 1. The fraction of sp³-hybridized carbons (Fsp3) is 0.267. The molecule has 1 aromatic heterocycles. The minimum absolute atomic E-state index is 0.0314. The third kappa shape index (κ3) is 3.22. The molecule has 2 nitrogen and oxygen atoms in total. The Kier molecular flexibility index (Phi) is 3.01. The van der Waals surface area contributed by atoms with Crippen LogP contribution >= 0.6 is 0 Å². The average molecular weight is 225 g/mol. The van der Waals surface area contributed by atoms with E-state index in [9.17, 15) is 0 Å². The molecule has 0 saturated carbocycles. The van der Waals surface area contributed by atoms with Gasteiger partial charge in [-0.25, -0.2) is 4.98 Å². The van der Waals surface area contributed by atoms with E-state index in [1.165, 1.54) is 6.39 Å². The van der Waals surface area contributed by atoms with E-state index in [1.54, 1.807) is 6.20 Å². The van der Waals surface area contributed by atoms with Crippen LogP contribution in [0, 0.1) is 17.3 Å². The number of hydrogen-bond acceptors (Lipinski definition) is 2. The molecule has 2 heteroatoms. The average Bonchev–Trinajstić information content (AvgIpc) is 2.79. The van der Waals surface area contributed by atoms with Crippen molar-refractivity contribution in [2.45, 2.75) is 20.8 Å². The number of nitrogens with zero attached hydrogens (tertiary/aromatic N) is 1.